The Bertz CT molecular complexity index is 1020. The number of nitrogens with zero attached hydrogens (tertiary/aromatic N) is 2. The first-order chi connectivity index (χ1) is 14.3. The van der Waals surface area contributed by atoms with Gasteiger partial charge >= 0.3 is 11.9 Å². The third kappa shape index (κ3) is 6.27. The van der Waals surface area contributed by atoms with Crippen molar-refractivity contribution in [3.63, 3.8) is 0 Å². The van der Waals surface area contributed by atoms with Gasteiger partial charge in [-0.05, 0) is 49.4 Å². The quantitative estimate of drug-likeness (QED) is 0.224. The Morgan fingerprint density at radius 2 is 1.77 bits per heavy atom. The lowest BCUT2D eigenvalue weighted by Crippen LogP contribution is -2.13. The van der Waals surface area contributed by atoms with Crippen LogP contribution < -0.4 is 0 Å². The number of hydrogen-bond acceptors (Lipinski definition) is 9. The van der Waals surface area contributed by atoms with Gasteiger partial charge in [-0.3, -0.25) is 4.79 Å². The second kappa shape index (κ2) is 10.9. The highest BCUT2D eigenvalue weighted by Crippen LogP contribution is 2.29. The van der Waals surface area contributed by atoms with E-state index >= 15 is 0 Å². The number of aliphatic hydroxyl groups is 1. The second-order valence-corrected chi connectivity index (χ2v) is 7.04. The minimum absolute atomic E-state index is 0.0502. The van der Waals surface area contributed by atoms with E-state index in [1.807, 2.05) is 6.07 Å². The number of Topliss-reactive ketones (excluding diaryl/α,β-unsaturated/α-hetero) is 1. The third-order valence-electron chi connectivity index (χ3n) is 3.65. The third-order valence-corrected chi connectivity index (χ3v) is 4.64. The number of carbonyl (C=O) groups excluding carboxylic acids is 3. The van der Waals surface area contributed by atoms with Crippen LogP contribution in [-0.2, 0) is 14.4 Å². The van der Waals surface area contributed by atoms with Crippen molar-refractivity contribution in [2.24, 2.45) is 5.16 Å². The highest BCUT2D eigenvalue weighted by Gasteiger charge is 2.16. The molecular formula is C21H18N2O6S. The van der Waals surface area contributed by atoms with Crippen LogP contribution in [0.15, 0.2) is 57.4 Å². The van der Waals surface area contributed by atoms with Crippen molar-refractivity contribution < 1.29 is 29.1 Å². The summed E-state index contributed by atoms with van der Waals surface area (Å²) in [4.78, 5) is 41.0. The van der Waals surface area contributed by atoms with Crippen LogP contribution in [0, 0.1) is 11.3 Å². The first kappa shape index (κ1) is 22.8. The lowest BCUT2D eigenvalue weighted by atomic mass is 10.0. The fraction of sp³-hybridized carbons (Fsp3) is 0.190. The van der Waals surface area contributed by atoms with E-state index in [9.17, 15) is 19.6 Å². The highest BCUT2D eigenvalue weighted by atomic mass is 32.2. The van der Waals surface area contributed by atoms with Gasteiger partial charge in [0.05, 0.1) is 23.8 Å². The first-order valence-corrected chi connectivity index (χ1v) is 9.54. The Hall–Kier alpha value is -3.48. The molecule has 0 bridgehead atoms. The Morgan fingerprint density at radius 1 is 1.10 bits per heavy atom. The summed E-state index contributed by atoms with van der Waals surface area (Å²) >= 11 is 1.34. The molecule has 0 aliphatic carbocycles. The van der Waals surface area contributed by atoms with Crippen LogP contribution >= 0.6 is 11.8 Å². The number of hydrogen-bond donors (Lipinski definition) is 1. The van der Waals surface area contributed by atoms with Crippen molar-refractivity contribution in [2.45, 2.75) is 23.6 Å². The van der Waals surface area contributed by atoms with Gasteiger partial charge in [0.25, 0.3) is 0 Å². The second-order valence-electron chi connectivity index (χ2n) is 5.89. The molecule has 0 aliphatic rings. The van der Waals surface area contributed by atoms with Crippen LogP contribution in [-0.4, -0.2) is 41.8 Å². The highest BCUT2D eigenvalue weighted by molar-refractivity contribution is 7.99. The molecule has 9 heteroatoms. The molecule has 1 N–H and O–H groups in total. The number of ether oxygens (including phenoxy) is 1. The summed E-state index contributed by atoms with van der Waals surface area (Å²) in [7, 11) is 0. The molecule has 0 spiro atoms. The zero-order chi connectivity index (χ0) is 22.1. The van der Waals surface area contributed by atoms with Gasteiger partial charge in [-0.25, -0.2) is 9.59 Å². The molecule has 2 aromatic carbocycles. The zero-order valence-corrected chi connectivity index (χ0v) is 17.1. The molecule has 0 aromatic heterocycles. The summed E-state index contributed by atoms with van der Waals surface area (Å²) in [5, 5.41) is 21.6. The molecular weight excluding hydrogens is 408 g/mol. The fourth-order valence-electron chi connectivity index (χ4n) is 2.26. The number of ketones is 1. The number of esters is 1. The number of carbonyl (C=O) groups is 3. The number of aliphatic hydroxyl groups excluding tert-OH is 1. The molecule has 0 saturated carbocycles. The van der Waals surface area contributed by atoms with Crippen LogP contribution in [0.25, 0.3) is 0 Å². The van der Waals surface area contributed by atoms with Crippen molar-refractivity contribution in [3.8, 4) is 6.07 Å². The predicted molar refractivity (Wildman–Crippen MR) is 108 cm³/mol. The minimum Gasteiger partial charge on any atom is -0.460 e. The summed E-state index contributed by atoms with van der Waals surface area (Å²) in [6.45, 7) is 2.25. The smallest absolute Gasteiger partial charge is 0.338 e. The lowest BCUT2D eigenvalue weighted by molar-refractivity contribution is -0.140. The van der Waals surface area contributed by atoms with Gasteiger partial charge < -0.3 is 14.7 Å². The maximum absolute atomic E-state index is 12.4. The Morgan fingerprint density at radius 3 is 2.37 bits per heavy atom. The van der Waals surface area contributed by atoms with Crippen molar-refractivity contribution >= 4 is 35.2 Å². The topological polar surface area (TPSA) is 126 Å². The average molecular weight is 426 g/mol. The normalized spacial score (nSPS) is 10.8. The van der Waals surface area contributed by atoms with E-state index in [0.717, 1.165) is 4.90 Å². The van der Waals surface area contributed by atoms with E-state index in [2.05, 4.69) is 9.99 Å². The van der Waals surface area contributed by atoms with E-state index in [1.54, 1.807) is 36.4 Å². The standard InChI is InChI=1S/C21H18N2O6S/c1-13(23-29-14(2)25)20(26)19-8-7-18(11-16(19)12-22)30-17-5-3-15(4-6-17)21(27)28-10-9-24/h3-8,11,24H,9-10H2,1-2H3/b23-13+. The van der Waals surface area contributed by atoms with Gasteiger partial charge in [-0.2, -0.15) is 5.26 Å². The van der Waals surface area contributed by atoms with E-state index in [1.165, 1.54) is 31.7 Å². The van der Waals surface area contributed by atoms with Crippen molar-refractivity contribution in [2.75, 3.05) is 13.2 Å². The zero-order valence-electron chi connectivity index (χ0n) is 16.2. The fourth-order valence-corrected chi connectivity index (χ4v) is 3.12. The van der Waals surface area contributed by atoms with Gasteiger partial charge in [-0.15, -0.1) is 0 Å². The van der Waals surface area contributed by atoms with E-state index in [0.29, 0.717) is 10.5 Å². The van der Waals surface area contributed by atoms with Crippen LogP contribution in [0.2, 0.25) is 0 Å². The van der Waals surface area contributed by atoms with Gasteiger partial charge in [-0.1, -0.05) is 16.9 Å². The molecule has 2 rings (SSSR count). The Balaban J connectivity index is 2.16. The van der Waals surface area contributed by atoms with Gasteiger partial charge in [0, 0.05) is 22.3 Å². The van der Waals surface area contributed by atoms with E-state index < -0.39 is 17.7 Å². The maximum atomic E-state index is 12.4. The van der Waals surface area contributed by atoms with E-state index in [-0.39, 0.29) is 30.1 Å². The molecule has 8 nitrogen and oxygen atoms in total. The van der Waals surface area contributed by atoms with Crippen molar-refractivity contribution in [1.29, 1.82) is 5.26 Å². The van der Waals surface area contributed by atoms with Gasteiger partial charge in [0.1, 0.15) is 12.3 Å². The molecule has 0 saturated heterocycles. The number of oxime groups is 1. The minimum atomic E-state index is -0.651. The predicted octanol–water partition coefficient (Wildman–Crippen LogP) is 2.98. The lowest BCUT2D eigenvalue weighted by Gasteiger charge is -2.07. The van der Waals surface area contributed by atoms with Gasteiger partial charge in [0.2, 0.25) is 5.78 Å². The van der Waals surface area contributed by atoms with Crippen molar-refractivity contribution in [1.82, 2.24) is 0 Å². The van der Waals surface area contributed by atoms with Crippen LogP contribution in [0.4, 0.5) is 0 Å². The molecule has 0 unspecified atom stereocenters. The SMILES string of the molecule is CC(=O)O/N=C(\C)C(=O)c1ccc(Sc2ccc(C(=O)OCCO)cc2)cc1C#N. The van der Waals surface area contributed by atoms with E-state index in [4.69, 9.17) is 9.84 Å². The average Bonchev–Trinajstić information content (AvgIpc) is 2.75. The molecule has 0 fully saturated rings. The summed E-state index contributed by atoms with van der Waals surface area (Å²) in [6.07, 6.45) is 0. The summed E-state index contributed by atoms with van der Waals surface area (Å²) in [6, 6.07) is 13.4. The Kier molecular flexibility index (Phi) is 8.29. The molecule has 2 aromatic rings. The Labute approximate surface area is 177 Å². The number of benzene rings is 2. The summed E-state index contributed by atoms with van der Waals surface area (Å²) in [5.41, 5.74) is 0.614. The van der Waals surface area contributed by atoms with Crippen LogP contribution in [0.5, 0.6) is 0 Å². The molecule has 0 atom stereocenters. The molecule has 0 amide bonds. The number of nitriles is 1. The molecule has 154 valence electrons. The molecule has 0 heterocycles. The molecule has 30 heavy (non-hydrogen) atoms. The first-order valence-electron chi connectivity index (χ1n) is 8.72. The van der Waals surface area contributed by atoms with Crippen LogP contribution in [0.1, 0.15) is 40.1 Å². The summed E-state index contributed by atoms with van der Waals surface area (Å²) in [5.74, 6) is -1.70. The maximum Gasteiger partial charge on any atom is 0.338 e. The van der Waals surface area contributed by atoms with Crippen molar-refractivity contribution in [3.05, 3.63) is 59.2 Å². The van der Waals surface area contributed by atoms with Gasteiger partial charge in [0.15, 0.2) is 0 Å². The van der Waals surface area contributed by atoms with Crippen LogP contribution in [0.3, 0.4) is 0 Å². The molecule has 0 radical (unpaired) electrons. The number of rotatable bonds is 8. The summed E-state index contributed by atoms with van der Waals surface area (Å²) < 4.78 is 4.85. The monoisotopic (exact) mass is 426 g/mol. The molecule has 0 aliphatic heterocycles. The largest absolute Gasteiger partial charge is 0.460 e.